The molecule has 0 spiro atoms. The fourth-order valence-corrected chi connectivity index (χ4v) is 3.35. The second-order valence-corrected chi connectivity index (χ2v) is 7.27. The Kier molecular flexibility index (Phi) is 7.74. The van der Waals surface area contributed by atoms with E-state index < -0.39 is 18.5 Å². The van der Waals surface area contributed by atoms with Crippen LogP contribution in [0.1, 0.15) is 12.5 Å². The molecule has 1 heterocycles. The molecule has 1 aliphatic rings. The van der Waals surface area contributed by atoms with Gasteiger partial charge in [0.1, 0.15) is 4.32 Å². The predicted octanol–water partition coefficient (Wildman–Crippen LogP) is 0.707. The van der Waals surface area contributed by atoms with Crippen molar-refractivity contribution >= 4 is 57.7 Å². The first-order valence-electron chi connectivity index (χ1n) is 8.11. The van der Waals surface area contributed by atoms with Crippen molar-refractivity contribution in [1.29, 1.82) is 0 Å². The maximum absolute atomic E-state index is 11.8. The van der Waals surface area contributed by atoms with E-state index in [2.05, 4.69) is 10.6 Å². The summed E-state index contributed by atoms with van der Waals surface area (Å²) in [6, 6.07) is 6.75. The summed E-state index contributed by atoms with van der Waals surface area (Å²) in [7, 11) is 0. The molecule has 27 heavy (non-hydrogen) atoms. The number of hydrogen-bond acceptors (Lipinski definition) is 7. The van der Waals surface area contributed by atoms with Crippen LogP contribution in [0.3, 0.4) is 0 Å². The molecule has 10 heteroatoms. The zero-order valence-corrected chi connectivity index (χ0v) is 16.3. The molecule has 0 unspecified atom stereocenters. The van der Waals surface area contributed by atoms with Crippen molar-refractivity contribution in [3.63, 3.8) is 0 Å². The Bertz CT molecular complexity index is 735. The van der Waals surface area contributed by atoms with Gasteiger partial charge >= 0.3 is 5.97 Å². The fourth-order valence-electron chi connectivity index (χ4n) is 2.23. The highest BCUT2D eigenvalue weighted by Gasteiger charge is 2.25. The van der Waals surface area contributed by atoms with Gasteiger partial charge in [0, 0.05) is 25.7 Å². The van der Waals surface area contributed by atoms with Crippen LogP contribution in [-0.2, 0) is 30.3 Å². The van der Waals surface area contributed by atoms with E-state index >= 15 is 0 Å². The van der Waals surface area contributed by atoms with E-state index in [1.165, 1.54) is 23.6 Å². The minimum absolute atomic E-state index is 0.0153. The molecule has 8 nitrogen and oxygen atoms in total. The lowest BCUT2D eigenvalue weighted by molar-refractivity contribution is -0.147. The SMILES string of the molecule is CC(=O)Nc1ccc(CC(=O)OCC(=O)NCCN2C(=O)CSC2=S)cc1. The molecule has 0 radical (unpaired) electrons. The van der Waals surface area contributed by atoms with E-state index in [1.54, 1.807) is 24.3 Å². The first-order chi connectivity index (χ1) is 12.8. The van der Waals surface area contributed by atoms with Crippen LogP contribution in [0.15, 0.2) is 24.3 Å². The Balaban J connectivity index is 1.65. The molecular weight excluding hydrogens is 390 g/mol. The van der Waals surface area contributed by atoms with Gasteiger partial charge in [0.05, 0.1) is 12.2 Å². The van der Waals surface area contributed by atoms with E-state index in [-0.39, 0.29) is 24.8 Å². The number of esters is 1. The van der Waals surface area contributed by atoms with Gasteiger partial charge in [-0.3, -0.25) is 24.1 Å². The third-order valence-electron chi connectivity index (χ3n) is 3.49. The molecule has 144 valence electrons. The van der Waals surface area contributed by atoms with E-state index in [0.717, 1.165) is 0 Å². The highest BCUT2D eigenvalue weighted by molar-refractivity contribution is 8.23. The Labute approximate surface area is 166 Å². The maximum Gasteiger partial charge on any atom is 0.310 e. The van der Waals surface area contributed by atoms with Crippen molar-refractivity contribution < 1.29 is 23.9 Å². The number of anilines is 1. The van der Waals surface area contributed by atoms with Crippen LogP contribution in [-0.4, -0.2) is 58.4 Å². The topological polar surface area (TPSA) is 105 Å². The predicted molar refractivity (Wildman–Crippen MR) is 105 cm³/mol. The van der Waals surface area contributed by atoms with Gasteiger partial charge in [0.2, 0.25) is 11.8 Å². The molecule has 2 N–H and O–H groups in total. The molecule has 1 aromatic rings. The highest BCUT2D eigenvalue weighted by Crippen LogP contribution is 2.18. The number of rotatable bonds is 8. The summed E-state index contributed by atoms with van der Waals surface area (Å²) in [5.74, 6) is -0.909. The third kappa shape index (κ3) is 6.99. The quantitative estimate of drug-likeness (QED) is 0.481. The normalized spacial score (nSPS) is 13.4. The number of thiocarbonyl (C=S) groups is 1. The van der Waals surface area contributed by atoms with E-state index in [0.29, 0.717) is 27.9 Å². The minimum atomic E-state index is -0.537. The van der Waals surface area contributed by atoms with Crippen LogP contribution < -0.4 is 10.6 Å². The molecule has 0 saturated carbocycles. The van der Waals surface area contributed by atoms with Gasteiger partial charge < -0.3 is 15.4 Å². The fraction of sp³-hybridized carbons (Fsp3) is 0.353. The lowest BCUT2D eigenvalue weighted by Crippen LogP contribution is -2.38. The number of ether oxygens (including phenoxy) is 1. The number of amides is 3. The number of nitrogens with zero attached hydrogens (tertiary/aromatic N) is 1. The van der Waals surface area contributed by atoms with Crippen molar-refractivity contribution in [3.8, 4) is 0 Å². The Morgan fingerprint density at radius 3 is 2.56 bits per heavy atom. The summed E-state index contributed by atoms with van der Waals surface area (Å²) in [5, 5.41) is 5.21. The van der Waals surface area contributed by atoms with Gasteiger partial charge in [0.15, 0.2) is 6.61 Å². The Morgan fingerprint density at radius 1 is 1.26 bits per heavy atom. The number of carbonyl (C=O) groups is 4. The summed E-state index contributed by atoms with van der Waals surface area (Å²) < 4.78 is 5.44. The molecule has 1 fully saturated rings. The van der Waals surface area contributed by atoms with Crippen molar-refractivity contribution in [1.82, 2.24) is 10.2 Å². The summed E-state index contributed by atoms with van der Waals surface area (Å²) in [6.07, 6.45) is 0.0153. The average Bonchev–Trinajstić information content (AvgIpc) is 2.93. The largest absolute Gasteiger partial charge is 0.455 e. The number of thioether (sulfide) groups is 1. The van der Waals surface area contributed by atoms with Gasteiger partial charge in [-0.2, -0.15) is 0 Å². The van der Waals surface area contributed by atoms with Crippen LogP contribution in [0, 0.1) is 0 Å². The first kappa shape index (κ1) is 20.8. The monoisotopic (exact) mass is 409 g/mol. The molecule has 3 amide bonds. The van der Waals surface area contributed by atoms with Crippen LogP contribution in [0.25, 0.3) is 0 Å². The number of nitrogens with one attached hydrogen (secondary N) is 2. The van der Waals surface area contributed by atoms with Crippen LogP contribution in [0.4, 0.5) is 5.69 Å². The lowest BCUT2D eigenvalue weighted by Gasteiger charge is -2.15. The molecule has 2 rings (SSSR count). The molecule has 0 aromatic heterocycles. The van der Waals surface area contributed by atoms with Gasteiger partial charge in [-0.05, 0) is 17.7 Å². The van der Waals surface area contributed by atoms with Gasteiger partial charge in [0.25, 0.3) is 5.91 Å². The van der Waals surface area contributed by atoms with Gasteiger partial charge in [-0.1, -0.05) is 36.1 Å². The second-order valence-electron chi connectivity index (χ2n) is 5.67. The number of carbonyl (C=O) groups excluding carboxylic acids is 4. The maximum atomic E-state index is 11.8. The second kappa shape index (κ2) is 10.0. The lowest BCUT2D eigenvalue weighted by atomic mass is 10.1. The zero-order valence-electron chi connectivity index (χ0n) is 14.6. The van der Waals surface area contributed by atoms with E-state index in [9.17, 15) is 19.2 Å². The summed E-state index contributed by atoms with van der Waals surface area (Å²) in [6.45, 7) is 1.54. The van der Waals surface area contributed by atoms with Crippen molar-refractivity contribution in [2.75, 3.05) is 30.8 Å². The summed E-state index contributed by atoms with van der Waals surface area (Å²) >= 11 is 6.33. The van der Waals surface area contributed by atoms with Gasteiger partial charge in [-0.15, -0.1) is 0 Å². The average molecular weight is 409 g/mol. The highest BCUT2D eigenvalue weighted by atomic mass is 32.2. The molecule has 1 aliphatic heterocycles. The third-order valence-corrected chi connectivity index (χ3v) is 4.92. The van der Waals surface area contributed by atoms with Crippen molar-refractivity contribution in [2.24, 2.45) is 0 Å². The molecule has 0 atom stereocenters. The zero-order chi connectivity index (χ0) is 19.8. The summed E-state index contributed by atoms with van der Waals surface area (Å²) in [5.41, 5.74) is 1.33. The number of hydrogen-bond donors (Lipinski definition) is 2. The number of benzene rings is 1. The van der Waals surface area contributed by atoms with E-state index in [4.69, 9.17) is 17.0 Å². The van der Waals surface area contributed by atoms with Crippen LogP contribution >= 0.6 is 24.0 Å². The minimum Gasteiger partial charge on any atom is -0.455 e. The molecule has 1 saturated heterocycles. The van der Waals surface area contributed by atoms with Gasteiger partial charge in [-0.25, -0.2) is 0 Å². The Hall–Kier alpha value is -2.46. The van der Waals surface area contributed by atoms with Crippen molar-refractivity contribution in [3.05, 3.63) is 29.8 Å². The van der Waals surface area contributed by atoms with Crippen LogP contribution in [0.2, 0.25) is 0 Å². The molecule has 0 bridgehead atoms. The van der Waals surface area contributed by atoms with E-state index in [1.807, 2.05) is 0 Å². The molecular formula is C17H19N3O5S2. The molecule has 1 aromatic carbocycles. The first-order valence-corrected chi connectivity index (χ1v) is 9.50. The Morgan fingerprint density at radius 2 is 1.96 bits per heavy atom. The standard InChI is InChI=1S/C17H19N3O5S2/c1-11(21)19-13-4-2-12(3-5-13)8-16(24)25-9-14(22)18-6-7-20-15(23)10-27-17(20)26/h2-5H,6-10H2,1H3,(H,18,22)(H,19,21). The van der Waals surface area contributed by atoms with Crippen molar-refractivity contribution in [2.45, 2.75) is 13.3 Å². The summed E-state index contributed by atoms with van der Waals surface area (Å²) in [4.78, 5) is 47.5. The molecule has 0 aliphatic carbocycles. The van der Waals surface area contributed by atoms with Crippen LogP contribution in [0.5, 0.6) is 0 Å². The smallest absolute Gasteiger partial charge is 0.310 e.